The van der Waals surface area contributed by atoms with E-state index < -0.39 is 0 Å². The van der Waals surface area contributed by atoms with Crippen molar-refractivity contribution in [2.24, 2.45) is 0 Å². The number of hydrogen-bond acceptors (Lipinski definition) is 5. The Morgan fingerprint density at radius 3 is 3.04 bits per heavy atom. The predicted molar refractivity (Wildman–Crippen MR) is 92.1 cm³/mol. The first kappa shape index (κ1) is 16.2. The Bertz CT molecular complexity index is 684. The zero-order chi connectivity index (χ0) is 16.1. The van der Waals surface area contributed by atoms with Crippen LogP contribution >= 0.6 is 11.3 Å². The Labute approximate surface area is 140 Å². The van der Waals surface area contributed by atoms with E-state index in [0.29, 0.717) is 12.4 Å². The number of nitrogens with zero attached hydrogens (tertiary/aromatic N) is 2. The highest BCUT2D eigenvalue weighted by molar-refractivity contribution is 7.18. The van der Waals surface area contributed by atoms with Crippen LogP contribution in [0.5, 0.6) is 5.88 Å². The number of hydrogen-bond donors (Lipinski definition) is 1. The molecule has 0 saturated heterocycles. The van der Waals surface area contributed by atoms with E-state index in [-0.39, 0.29) is 12.5 Å². The number of thiophene rings is 1. The number of carbonyl (C=O) groups is 1. The maximum Gasteiger partial charge on any atom is 0.258 e. The zero-order valence-corrected chi connectivity index (χ0v) is 14.4. The van der Waals surface area contributed by atoms with E-state index in [2.05, 4.69) is 22.2 Å². The lowest BCUT2D eigenvalue weighted by Gasteiger charge is -2.08. The highest BCUT2D eigenvalue weighted by Gasteiger charge is 2.20. The molecule has 0 spiro atoms. The molecular weight excluding hydrogens is 310 g/mol. The van der Waals surface area contributed by atoms with Crippen LogP contribution in [0.4, 0.5) is 0 Å². The van der Waals surface area contributed by atoms with Gasteiger partial charge in [0, 0.05) is 11.4 Å². The summed E-state index contributed by atoms with van der Waals surface area (Å²) in [4.78, 5) is 22.9. The second kappa shape index (κ2) is 7.73. The standard InChI is InChI=1S/C17H23N3O2S/c1-2-3-9-18-14(21)10-22-16-15-12-7-5-4-6-8-13(12)23-17(15)20-11-19-16/h11H,2-10H2,1H3,(H,18,21). The highest BCUT2D eigenvalue weighted by atomic mass is 32.1. The fourth-order valence-corrected chi connectivity index (χ4v) is 4.16. The second-order valence-electron chi connectivity index (χ2n) is 5.92. The highest BCUT2D eigenvalue weighted by Crippen LogP contribution is 2.38. The topological polar surface area (TPSA) is 64.1 Å². The number of aromatic nitrogens is 2. The smallest absolute Gasteiger partial charge is 0.258 e. The number of nitrogens with one attached hydrogen (secondary N) is 1. The summed E-state index contributed by atoms with van der Waals surface area (Å²) in [6.45, 7) is 2.81. The van der Waals surface area contributed by atoms with E-state index in [4.69, 9.17) is 4.74 Å². The van der Waals surface area contributed by atoms with Crippen LogP contribution in [-0.2, 0) is 17.6 Å². The van der Waals surface area contributed by atoms with E-state index >= 15 is 0 Å². The minimum Gasteiger partial charge on any atom is -0.467 e. The van der Waals surface area contributed by atoms with Gasteiger partial charge in [0.05, 0.1) is 5.39 Å². The molecule has 0 bridgehead atoms. The molecule has 1 aliphatic rings. The molecule has 0 radical (unpaired) electrons. The number of carbonyl (C=O) groups excluding carboxylic acids is 1. The molecule has 0 saturated carbocycles. The van der Waals surface area contributed by atoms with Crippen molar-refractivity contribution in [3.63, 3.8) is 0 Å². The van der Waals surface area contributed by atoms with Gasteiger partial charge in [0.1, 0.15) is 11.2 Å². The van der Waals surface area contributed by atoms with E-state index in [1.165, 1.54) is 36.0 Å². The third-order valence-electron chi connectivity index (χ3n) is 4.16. The van der Waals surface area contributed by atoms with Gasteiger partial charge in [-0.15, -0.1) is 11.3 Å². The van der Waals surface area contributed by atoms with Crippen LogP contribution < -0.4 is 10.1 Å². The van der Waals surface area contributed by atoms with E-state index in [1.807, 2.05) is 0 Å². The van der Waals surface area contributed by atoms with E-state index in [1.54, 1.807) is 11.3 Å². The molecule has 0 aliphatic heterocycles. The van der Waals surface area contributed by atoms with Crippen LogP contribution in [0.25, 0.3) is 10.2 Å². The van der Waals surface area contributed by atoms with Gasteiger partial charge in [0.25, 0.3) is 5.91 Å². The van der Waals surface area contributed by atoms with Crippen LogP contribution in [0.3, 0.4) is 0 Å². The Hall–Kier alpha value is -1.69. The molecule has 0 aromatic carbocycles. The fourth-order valence-electron chi connectivity index (χ4n) is 2.94. The molecule has 1 amide bonds. The molecule has 23 heavy (non-hydrogen) atoms. The maximum absolute atomic E-state index is 11.8. The minimum atomic E-state index is -0.0912. The van der Waals surface area contributed by atoms with Crippen LogP contribution in [0.2, 0.25) is 0 Å². The van der Waals surface area contributed by atoms with Crippen molar-refractivity contribution in [2.45, 2.75) is 51.9 Å². The van der Waals surface area contributed by atoms with E-state index in [9.17, 15) is 4.79 Å². The number of unbranched alkanes of at least 4 members (excludes halogenated alkanes) is 1. The number of rotatable bonds is 6. The largest absolute Gasteiger partial charge is 0.467 e. The molecule has 1 N–H and O–H groups in total. The Kier molecular flexibility index (Phi) is 5.43. The first-order valence-electron chi connectivity index (χ1n) is 8.44. The molecule has 3 rings (SSSR count). The molecule has 0 atom stereocenters. The summed E-state index contributed by atoms with van der Waals surface area (Å²) in [5, 5.41) is 3.89. The van der Waals surface area contributed by atoms with Gasteiger partial charge in [-0.05, 0) is 37.7 Å². The molecule has 2 heterocycles. The minimum absolute atomic E-state index is 0.0143. The summed E-state index contributed by atoms with van der Waals surface area (Å²) in [6.07, 6.45) is 9.47. The lowest BCUT2D eigenvalue weighted by Crippen LogP contribution is -2.29. The SMILES string of the molecule is CCCCNC(=O)COc1ncnc2sc3c(c12)CCCCC3. The molecule has 2 aromatic heterocycles. The van der Waals surface area contributed by atoms with Crippen molar-refractivity contribution >= 4 is 27.5 Å². The predicted octanol–water partition coefficient (Wildman–Crippen LogP) is 3.26. The van der Waals surface area contributed by atoms with Gasteiger partial charge >= 0.3 is 0 Å². The second-order valence-corrected chi connectivity index (χ2v) is 7.00. The normalized spacial score (nSPS) is 14.3. The average Bonchev–Trinajstić information content (AvgIpc) is 2.75. The van der Waals surface area contributed by atoms with E-state index in [0.717, 1.165) is 35.9 Å². The number of aryl methyl sites for hydroxylation is 2. The van der Waals surface area contributed by atoms with Gasteiger partial charge in [-0.3, -0.25) is 4.79 Å². The van der Waals surface area contributed by atoms with Crippen LogP contribution in [0.15, 0.2) is 6.33 Å². The summed E-state index contributed by atoms with van der Waals surface area (Å²) in [6, 6.07) is 0. The molecular formula is C17H23N3O2S. The van der Waals surface area contributed by atoms with Crippen molar-refractivity contribution in [1.29, 1.82) is 0 Å². The summed E-state index contributed by atoms with van der Waals surface area (Å²) in [7, 11) is 0. The molecule has 6 heteroatoms. The molecule has 0 fully saturated rings. The summed E-state index contributed by atoms with van der Waals surface area (Å²) in [5.74, 6) is 0.464. The first-order valence-corrected chi connectivity index (χ1v) is 9.26. The van der Waals surface area contributed by atoms with Gasteiger partial charge in [-0.1, -0.05) is 19.8 Å². The van der Waals surface area contributed by atoms with Crippen molar-refractivity contribution in [2.75, 3.05) is 13.2 Å². The molecule has 0 unspecified atom stereocenters. The molecule has 1 aliphatic carbocycles. The van der Waals surface area contributed by atoms with Gasteiger partial charge in [-0.2, -0.15) is 0 Å². The Morgan fingerprint density at radius 1 is 1.30 bits per heavy atom. The molecule has 124 valence electrons. The number of ether oxygens (including phenoxy) is 1. The maximum atomic E-state index is 11.8. The van der Waals surface area contributed by atoms with Crippen molar-refractivity contribution in [1.82, 2.24) is 15.3 Å². The number of fused-ring (bicyclic) bond motifs is 3. The van der Waals surface area contributed by atoms with Crippen molar-refractivity contribution < 1.29 is 9.53 Å². The molecule has 5 nitrogen and oxygen atoms in total. The summed E-state index contributed by atoms with van der Waals surface area (Å²) >= 11 is 1.75. The van der Waals surface area contributed by atoms with Crippen molar-refractivity contribution in [3.8, 4) is 5.88 Å². The fraction of sp³-hybridized carbons (Fsp3) is 0.588. The van der Waals surface area contributed by atoms with Gasteiger partial charge in [-0.25, -0.2) is 9.97 Å². The third-order valence-corrected chi connectivity index (χ3v) is 5.36. The van der Waals surface area contributed by atoms with Crippen LogP contribution in [-0.4, -0.2) is 29.0 Å². The Balaban J connectivity index is 1.75. The first-order chi connectivity index (χ1) is 11.3. The molecule has 2 aromatic rings. The van der Waals surface area contributed by atoms with Crippen molar-refractivity contribution in [3.05, 3.63) is 16.8 Å². The zero-order valence-electron chi connectivity index (χ0n) is 13.6. The monoisotopic (exact) mass is 333 g/mol. The lowest BCUT2D eigenvalue weighted by molar-refractivity contribution is -0.123. The van der Waals surface area contributed by atoms with Crippen LogP contribution in [0, 0.1) is 0 Å². The Morgan fingerprint density at radius 2 is 2.17 bits per heavy atom. The summed E-state index contributed by atoms with van der Waals surface area (Å²) < 4.78 is 5.72. The summed E-state index contributed by atoms with van der Waals surface area (Å²) in [5.41, 5.74) is 1.34. The van der Waals surface area contributed by atoms with Gasteiger partial charge in [0.15, 0.2) is 6.61 Å². The third kappa shape index (κ3) is 3.80. The van der Waals surface area contributed by atoms with Gasteiger partial charge < -0.3 is 10.1 Å². The number of amides is 1. The average molecular weight is 333 g/mol. The van der Waals surface area contributed by atoms with Crippen LogP contribution in [0.1, 0.15) is 49.5 Å². The lowest BCUT2D eigenvalue weighted by atomic mass is 10.1. The quantitative estimate of drug-likeness (QED) is 0.651. The van der Waals surface area contributed by atoms with Gasteiger partial charge in [0.2, 0.25) is 5.88 Å².